The smallest absolute Gasteiger partial charge is 0.147 e. The molecule has 0 bridgehead atoms. The Morgan fingerprint density at radius 3 is 2.86 bits per heavy atom. The van der Waals surface area contributed by atoms with E-state index in [2.05, 4.69) is 5.32 Å². The molecule has 0 atom stereocenters. The molecule has 5 heteroatoms. The first-order valence-corrected chi connectivity index (χ1v) is 6.53. The molecular formula is C9H15NO3S. The molecule has 0 fully saturated rings. The van der Waals surface area contributed by atoms with Gasteiger partial charge in [-0.05, 0) is 19.0 Å². The van der Waals surface area contributed by atoms with Gasteiger partial charge in [-0.25, -0.2) is 8.42 Å². The second-order valence-electron chi connectivity index (χ2n) is 3.29. The number of hydrogen-bond donors (Lipinski definition) is 1. The van der Waals surface area contributed by atoms with Crippen molar-refractivity contribution in [3.8, 4) is 0 Å². The average Bonchev–Trinajstić information content (AvgIpc) is 2.54. The maximum Gasteiger partial charge on any atom is 0.147 e. The van der Waals surface area contributed by atoms with Gasteiger partial charge >= 0.3 is 0 Å². The minimum Gasteiger partial charge on any atom is -0.472 e. The summed E-state index contributed by atoms with van der Waals surface area (Å²) in [6.07, 6.45) is 5.19. The van der Waals surface area contributed by atoms with E-state index in [1.54, 1.807) is 12.5 Å². The van der Waals surface area contributed by atoms with Crippen LogP contribution in [0.1, 0.15) is 12.0 Å². The summed E-state index contributed by atoms with van der Waals surface area (Å²) in [7, 11) is -2.82. The SMILES string of the molecule is CS(=O)(=O)CCCNCc1ccoc1. The van der Waals surface area contributed by atoms with Crippen molar-refractivity contribution in [2.75, 3.05) is 18.6 Å². The molecule has 80 valence electrons. The standard InChI is InChI=1S/C9H15NO3S/c1-14(11,12)6-2-4-10-7-9-3-5-13-8-9/h3,5,8,10H,2,4,6-7H2,1H3. The summed E-state index contributed by atoms with van der Waals surface area (Å²) in [4.78, 5) is 0. The van der Waals surface area contributed by atoms with E-state index in [4.69, 9.17) is 4.42 Å². The lowest BCUT2D eigenvalue weighted by molar-refractivity contribution is 0.559. The fraction of sp³-hybridized carbons (Fsp3) is 0.556. The van der Waals surface area contributed by atoms with Gasteiger partial charge in [-0.2, -0.15) is 0 Å². The van der Waals surface area contributed by atoms with Crippen LogP contribution in [0.3, 0.4) is 0 Å². The highest BCUT2D eigenvalue weighted by atomic mass is 32.2. The van der Waals surface area contributed by atoms with Crippen molar-refractivity contribution in [1.82, 2.24) is 5.32 Å². The van der Waals surface area contributed by atoms with Gasteiger partial charge in [0.15, 0.2) is 0 Å². The summed E-state index contributed by atoms with van der Waals surface area (Å²) in [5.74, 6) is 0.241. The van der Waals surface area contributed by atoms with E-state index in [1.165, 1.54) is 6.26 Å². The topological polar surface area (TPSA) is 59.3 Å². The summed E-state index contributed by atoms with van der Waals surface area (Å²) >= 11 is 0. The first-order valence-electron chi connectivity index (χ1n) is 4.47. The lowest BCUT2D eigenvalue weighted by Gasteiger charge is -2.01. The minimum absolute atomic E-state index is 0.241. The number of hydrogen-bond acceptors (Lipinski definition) is 4. The van der Waals surface area contributed by atoms with Gasteiger partial charge in [0.05, 0.1) is 18.3 Å². The monoisotopic (exact) mass is 217 g/mol. The van der Waals surface area contributed by atoms with E-state index in [-0.39, 0.29) is 5.75 Å². The van der Waals surface area contributed by atoms with Crippen molar-refractivity contribution < 1.29 is 12.8 Å². The van der Waals surface area contributed by atoms with Crippen molar-refractivity contribution in [1.29, 1.82) is 0 Å². The van der Waals surface area contributed by atoms with Gasteiger partial charge in [0.1, 0.15) is 9.84 Å². The molecule has 4 nitrogen and oxygen atoms in total. The third-order valence-corrected chi connectivity index (χ3v) is 2.81. The fourth-order valence-corrected chi connectivity index (χ4v) is 1.75. The maximum absolute atomic E-state index is 10.8. The van der Waals surface area contributed by atoms with Crippen LogP contribution in [0, 0.1) is 0 Å². The van der Waals surface area contributed by atoms with E-state index in [9.17, 15) is 8.42 Å². The largest absolute Gasteiger partial charge is 0.472 e. The Labute approximate surface area is 84.2 Å². The molecule has 0 saturated carbocycles. The van der Waals surface area contributed by atoms with Gasteiger partial charge < -0.3 is 9.73 Å². The van der Waals surface area contributed by atoms with Gasteiger partial charge in [-0.15, -0.1) is 0 Å². The molecule has 0 aliphatic rings. The highest BCUT2D eigenvalue weighted by molar-refractivity contribution is 7.90. The molecule has 14 heavy (non-hydrogen) atoms. The normalized spacial score (nSPS) is 11.8. The molecule has 0 amide bonds. The van der Waals surface area contributed by atoms with E-state index in [1.807, 2.05) is 6.07 Å². The first kappa shape index (κ1) is 11.3. The van der Waals surface area contributed by atoms with Crippen LogP contribution in [0.25, 0.3) is 0 Å². The molecule has 0 radical (unpaired) electrons. The fourth-order valence-electron chi connectivity index (χ4n) is 1.09. The molecule has 0 spiro atoms. The zero-order valence-electron chi connectivity index (χ0n) is 8.19. The quantitative estimate of drug-likeness (QED) is 0.716. The Morgan fingerprint density at radius 1 is 1.50 bits per heavy atom. The number of furan rings is 1. The lowest BCUT2D eigenvalue weighted by Crippen LogP contribution is -2.17. The summed E-state index contributed by atoms with van der Waals surface area (Å²) in [6.45, 7) is 1.43. The summed E-state index contributed by atoms with van der Waals surface area (Å²) < 4.78 is 26.5. The molecule has 1 aromatic rings. The van der Waals surface area contributed by atoms with Crippen molar-refractivity contribution in [2.24, 2.45) is 0 Å². The summed E-state index contributed by atoms with van der Waals surface area (Å²) in [6, 6.07) is 1.88. The zero-order valence-corrected chi connectivity index (χ0v) is 9.01. The molecule has 0 aromatic carbocycles. The van der Waals surface area contributed by atoms with Crippen LogP contribution in [-0.2, 0) is 16.4 Å². The average molecular weight is 217 g/mol. The van der Waals surface area contributed by atoms with Crippen LogP contribution >= 0.6 is 0 Å². The zero-order chi connectivity index (χ0) is 10.4. The van der Waals surface area contributed by atoms with Crippen molar-refractivity contribution >= 4 is 9.84 Å². The molecule has 0 aliphatic heterocycles. The Bertz CT molecular complexity index is 342. The Morgan fingerprint density at radius 2 is 2.29 bits per heavy atom. The highest BCUT2D eigenvalue weighted by Crippen LogP contribution is 1.98. The summed E-state index contributed by atoms with van der Waals surface area (Å²) in [5, 5.41) is 3.14. The Kier molecular flexibility index (Phi) is 4.16. The van der Waals surface area contributed by atoms with Crippen LogP contribution < -0.4 is 5.32 Å². The second kappa shape index (κ2) is 5.17. The second-order valence-corrected chi connectivity index (χ2v) is 5.55. The van der Waals surface area contributed by atoms with Gasteiger partial charge in [0.2, 0.25) is 0 Å². The molecular weight excluding hydrogens is 202 g/mol. The molecule has 1 rings (SSSR count). The molecule has 0 saturated heterocycles. The number of nitrogens with one attached hydrogen (secondary N) is 1. The van der Waals surface area contributed by atoms with Crippen LogP contribution in [0.4, 0.5) is 0 Å². The lowest BCUT2D eigenvalue weighted by atomic mass is 10.3. The molecule has 0 aliphatic carbocycles. The van der Waals surface area contributed by atoms with Crippen LogP contribution in [0.2, 0.25) is 0 Å². The third kappa shape index (κ3) is 5.04. The van der Waals surface area contributed by atoms with Crippen molar-refractivity contribution in [3.05, 3.63) is 24.2 Å². The van der Waals surface area contributed by atoms with Crippen LogP contribution in [0.5, 0.6) is 0 Å². The predicted octanol–water partition coefficient (Wildman–Crippen LogP) is 0.804. The molecule has 1 aromatic heterocycles. The highest BCUT2D eigenvalue weighted by Gasteiger charge is 2.00. The van der Waals surface area contributed by atoms with E-state index >= 15 is 0 Å². The molecule has 0 unspecified atom stereocenters. The van der Waals surface area contributed by atoms with E-state index < -0.39 is 9.84 Å². The molecule has 1 N–H and O–H groups in total. The Hall–Kier alpha value is -0.810. The van der Waals surface area contributed by atoms with Gasteiger partial charge in [-0.3, -0.25) is 0 Å². The maximum atomic E-state index is 10.8. The van der Waals surface area contributed by atoms with E-state index in [0.29, 0.717) is 13.0 Å². The first-order chi connectivity index (χ1) is 6.58. The number of sulfone groups is 1. The minimum atomic E-state index is -2.82. The van der Waals surface area contributed by atoms with Crippen LogP contribution in [0.15, 0.2) is 23.0 Å². The third-order valence-electron chi connectivity index (χ3n) is 1.78. The van der Waals surface area contributed by atoms with Crippen molar-refractivity contribution in [2.45, 2.75) is 13.0 Å². The predicted molar refractivity (Wildman–Crippen MR) is 54.7 cm³/mol. The van der Waals surface area contributed by atoms with Gasteiger partial charge in [0.25, 0.3) is 0 Å². The van der Waals surface area contributed by atoms with E-state index in [0.717, 1.165) is 12.1 Å². The van der Waals surface area contributed by atoms with Crippen LogP contribution in [-0.4, -0.2) is 27.0 Å². The number of rotatable bonds is 6. The van der Waals surface area contributed by atoms with Crippen molar-refractivity contribution in [3.63, 3.8) is 0 Å². The van der Waals surface area contributed by atoms with Gasteiger partial charge in [-0.1, -0.05) is 0 Å². The van der Waals surface area contributed by atoms with Gasteiger partial charge in [0, 0.05) is 18.4 Å². The summed E-state index contributed by atoms with van der Waals surface area (Å²) in [5.41, 5.74) is 1.07. The molecule has 1 heterocycles. The Balaban J connectivity index is 2.06.